The van der Waals surface area contributed by atoms with E-state index >= 15 is 0 Å². The van der Waals surface area contributed by atoms with Crippen LogP contribution in [-0.4, -0.2) is 13.9 Å². The van der Waals surface area contributed by atoms with Gasteiger partial charge in [0.05, 0.1) is 0 Å². The molecule has 1 heteroatoms. The van der Waals surface area contributed by atoms with Gasteiger partial charge in [-0.3, -0.25) is 0 Å². The molecule has 1 aromatic rings. The molecule has 16 heavy (non-hydrogen) atoms. The Morgan fingerprint density at radius 1 is 0.875 bits per heavy atom. The fraction of sp³-hybridized carbons (Fsp3) is 0.600. The van der Waals surface area contributed by atoms with Crippen molar-refractivity contribution in [2.75, 3.05) is 0 Å². The van der Waals surface area contributed by atoms with Crippen LogP contribution in [0.25, 0.3) is 0 Å². The quantitative estimate of drug-likeness (QED) is 0.598. The van der Waals surface area contributed by atoms with Crippen molar-refractivity contribution in [2.24, 2.45) is 0 Å². The standard InChI is InChI=1S/C15H25Se/c1-3-5-12-16(13-6-4-2)14-15-10-8-7-9-11-15/h7-11H,3-6,12-14H2,1-2H3/q+1. The van der Waals surface area contributed by atoms with E-state index in [2.05, 4.69) is 44.2 Å². The topological polar surface area (TPSA) is 0 Å². The second-order valence-electron chi connectivity index (χ2n) is 4.36. The molecule has 0 aliphatic rings. The normalized spacial score (nSPS) is 10.9. The second-order valence-corrected chi connectivity index (χ2v) is 9.25. The Bertz CT molecular complexity index is 247. The van der Waals surface area contributed by atoms with Crippen molar-refractivity contribution in [3.8, 4) is 0 Å². The average molecular weight is 284 g/mol. The van der Waals surface area contributed by atoms with Crippen molar-refractivity contribution >= 4 is 13.9 Å². The first kappa shape index (κ1) is 13.8. The van der Waals surface area contributed by atoms with Crippen LogP contribution in [0.15, 0.2) is 30.3 Å². The van der Waals surface area contributed by atoms with E-state index in [1.165, 1.54) is 41.6 Å². The van der Waals surface area contributed by atoms with Gasteiger partial charge in [-0.05, 0) is 0 Å². The van der Waals surface area contributed by atoms with Crippen LogP contribution in [0.1, 0.15) is 45.1 Å². The molecule has 1 aromatic carbocycles. The summed E-state index contributed by atoms with van der Waals surface area (Å²) in [7, 11) is 0. The van der Waals surface area contributed by atoms with E-state index in [0.717, 1.165) is 0 Å². The molecular weight excluding hydrogens is 259 g/mol. The first-order valence-corrected chi connectivity index (χ1v) is 10.2. The van der Waals surface area contributed by atoms with Crippen molar-refractivity contribution in [1.82, 2.24) is 0 Å². The molecule has 0 spiro atoms. The fourth-order valence-corrected chi connectivity index (χ4v) is 7.10. The van der Waals surface area contributed by atoms with Crippen LogP contribution in [0.4, 0.5) is 0 Å². The van der Waals surface area contributed by atoms with Gasteiger partial charge in [-0.15, -0.1) is 0 Å². The van der Waals surface area contributed by atoms with Gasteiger partial charge in [-0.2, -0.15) is 0 Å². The van der Waals surface area contributed by atoms with Gasteiger partial charge in [-0.1, -0.05) is 0 Å². The van der Waals surface area contributed by atoms with Crippen LogP contribution in [-0.2, 0) is 5.32 Å². The van der Waals surface area contributed by atoms with E-state index in [0.29, 0.717) is 0 Å². The summed E-state index contributed by atoms with van der Waals surface area (Å²) in [5.74, 6) is 0. The summed E-state index contributed by atoms with van der Waals surface area (Å²) >= 11 is -0.356. The van der Waals surface area contributed by atoms with Gasteiger partial charge in [0.25, 0.3) is 0 Å². The first-order chi connectivity index (χ1) is 7.86. The SMILES string of the molecule is CCCC[Se+](CCCC)Cc1ccccc1. The number of unbranched alkanes of at least 4 members (excludes halogenated alkanes) is 2. The molecule has 0 unspecified atom stereocenters. The van der Waals surface area contributed by atoms with Crippen LogP contribution >= 0.6 is 0 Å². The van der Waals surface area contributed by atoms with Crippen molar-refractivity contribution in [2.45, 2.75) is 55.5 Å². The molecule has 0 nitrogen and oxygen atoms in total. The molecule has 0 aliphatic heterocycles. The van der Waals surface area contributed by atoms with Gasteiger partial charge in [0, 0.05) is 0 Å². The fourth-order valence-electron chi connectivity index (χ4n) is 1.75. The Kier molecular flexibility index (Phi) is 7.63. The van der Waals surface area contributed by atoms with E-state index in [4.69, 9.17) is 0 Å². The molecule has 0 radical (unpaired) electrons. The van der Waals surface area contributed by atoms with E-state index in [-0.39, 0.29) is 13.9 Å². The molecule has 0 bridgehead atoms. The molecule has 0 fully saturated rings. The average Bonchev–Trinajstić information content (AvgIpc) is 2.34. The Labute approximate surface area is 105 Å². The van der Waals surface area contributed by atoms with E-state index in [9.17, 15) is 0 Å². The second kappa shape index (κ2) is 8.84. The van der Waals surface area contributed by atoms with E-state index in [1.807, 2.05) is 0 Å². The zero-order valence-electron chi connectivity index (χ0n) is 10.7. The summed E-state index contributed by atoms with van der Waals surface area (Å²) in [5, 5.41) is 4.47. The number of rotatable bonds is 8. The summed E-state index contributed by atoms with van der Waals surface area (Å²) in [4.78, 5) is 0. The van der Waals surface area contributed by atoms with Crippen LogP contribution in [0, 0.1) is 0 Å². The van der Waals surface area contributed by atoms with Crippen molar-refractivity contribution in [3.05, 3.63) is 35.9 Å². The van der Waals surface area contributed by atoms with Crippen LogP contribution in [0.5, 0.6) is 0 Å². The zero-order chi connectivity index (χ0) is 11.6. The van der Waals surface area contributed by atoms with Crippen molar-refractivity contribution in [1.29, 1.82) is 0 Å². The number of hydrogen-bond acceptors (Lipinski definition) is 0. The Balaban J connectivity index is 2.42. The molecule has 0 saturated carbocycles. The predicted molar refractivity (Wildman–Crippen MR) is 75.3 cm³/mol. The minimum absolute atomic E-state index is 0.356. The summed E-state index contributed by atoms with van der Waals surface area (Å²) < 4.78 is 0. The third-order valence-corrected chi connectivity index (χ3v) is 7.98. The monoisotopic (exact) mass is 285 g/mol. The molecule has 0 aliphatic carbocycles. The van der Waals surface area contributed by atoms with E-state index in [1.54, 1.807) is 5.56 Å². The third-order valence-electron chi connectivity index (χ3n) is 2.79. The maximum absolute atomic E-state index is 2.31. The number of hydrogen-bond donors (Lipinski definition) is 0. The van der Waals surface area contributed by atoms with Gasteiger partial charge in [-0.25, -0.2) is 0 Å². The third kappa shape index (κ3) is 5.72. The molecule has 0 atom stereocenters. The van der Waals surface area contributed by atoms with Crippen LogP contribution < -0.4 is 0 Å². The van der Waals surface area contributed by atoms with Crippen LogP contribution in [0.2, 0.25) is 10.6 Å². The Morgan fingerprint density at radius 2 is 1.44 bits per heavy atom. The Hall–Kier alpha value is -0.261. The van der Waals surface area contributed by atoms with Crippen molar-refractivity contribution in [3.63, 3.8) is 0 Å². The Morgan fingerprint density at radius 3 is 1.94 bits per heavy atom. The predicted octanol–water partition coefficient (Wildman–Crippen LogP) is 4.86. The summed E-state index contributed by atoms with van der Waals surface area (Å²) in [6.45, 7) is 4.62. The van der Waals surface area contributed by atoms with Gasteiger partial charge in [0.15, 0.2) is 0 Å². The summed E-state index contributed by atoms with van der Waals surface area (Å²) in [6.07, 6.45) is 5.62. The molecule has 0 saturated heterocycles. The molecule has 90 valence electrons. The van der Waals surface area contributed by atoms with Gasteiger partial charge < -0.3 is 0 Å². The molecule has 0 amide bonds. The molecule has 0 heterocycles. The first-order valence-electron chi connectivity index (χ1n) is 6.54. The molecule has 0 N–H and O–H groups in total. The minimum atomic E-state index is -0.356. The molecule has 0 aromatic heterocycles. The molecule has 1 rings (SSSR count). The van der Waals surface area contributed by atoms with Gasteiger partial charge in [0.1, 0.15) is 0 Å². The van der Waals surface area contributed by atoms with Gasteiger partial charge in [0.2, 0.25) is 0 Å². The number of benzene rings is 1. The maximum atomic E-state index is 2.31. The summed E-state index contributed by atoms with van der Waals surface area (Å²) in [5.41, 5.74) is 1.57. The van der Waals surface area contributed by atoms with E-state index < -0.39 is 0 Å². The zero-order valence-corrected chi connectivity index (χ0v) is 12.5. The van der Waals surface area contributed by atoms with Crippen LogP contribution in [0.3, 0.4) is 0 Å². The molecular formula is C15H25Se+. The van der Waals surface area contributed by atoms with Gasteiger partial charge >= 0.3 is 105 Å². The van der Waals surface area contributed by atoms with Crippen molar-refractivity contribution < 1.29 is 0 Å². The summed E-state index contributed by atoms with van der Waals surface area (Å²) in [6, 6.07) is 11.1.